The van der Waals surface area contributed by atoms with Gasteiger partial charge in [0.05, 0.1) is 5.56 Å². The van der Waals surface area contributed by atoms with Gasteiger partial charge in [-0.05, 0) is 6.07 Å². The van der Waals surface area contributed by atoms with Crippen molar-refractivity contribution in [2.24, 2.45) is 0 Å². The monoisotopic (exact) mass is 439 g/mol. The summed E-state index contributed by atoms with van der Waals surface area (Å²) >= 11 is 0. The normalized spacial score (nSPS) is 15.0. The van der Waals surface area contributed by atoms with E-state index in [4.69, 9.17) is 0 Å². The molecule has 28 heavy (non-hydrogen) atoms. The minimum absolute atomic E-state index is 0.110. The van der Waals surface area contributed by atoms with Gasteiger partial charge in [-0.1, -0.05) is 18.2 Å². The van der Waals surface area contributed by atoms with Crippen molar-refractivity contribution in [2.45, 2.75) is 35.8 Å². The van der Waals surface area contributed by atoms with Gasteiger partial charge in [0, 0.05) is 19.8 Å². The van der Waals surface area contributed by atoms with E-state index in [1.54, 1.807) is 0 Å². The Balaban J connectivity index is 3.68. The van der Waals surface area contributed by atoms with Crippen molar-refractivity contribution in [1.29, 1.82) is 0 Å². The van der Waals surface area contributed by atoms with E-state index in [9.17, 15) is 57.1 Å². The SMILES string of the molecule is CN(C)c1ccccc1C(F)(F)C(F)(F)C(F)(F)C(F)(F)C(F)(F)C(F)(F)F. The smallest absolute Gasteiger partial charge is 0.377 e. The first kappa shape index (κ1) is 24.1. The van der Waals surface area contributed by atoms with Crippen LogP contribution < -0.4 is 4.90 Å². The quantitative estimate of drug-likeness (QED) is 0.496. The number of benzene rings is 1. The van der Waals surface area contributed by atoms with E-state index in [1.807, 2.05) is 0 Å². The predicted molar refractivity (Wildman–Crippen MR) is 70.5 cm³/mol. The lowest BCUT2D eigenvalue weighted by atomic mass is 9.90. The zero-order valence-electron chi connectivity index (χ0n) is 13.7. The van der Waals surface area contributed by atoms with E-state index >= 15 is 0 Å². The topological polar surface area (TPSA) is 3.24 Å². The van der Waals surface area contributed by atoms with Gasteiger partial charge in [-0.25, -0.2) is 0 Å². The first-order chi connectivity index (χ1) is 12.2. The molecule has 0 unspecified atom stereocenters. The molecule has 0 spiro atoms. The summed E-state index contributed by atoms with van der Waals surface area (Å²) in [5.41, 5.74) is -2.88. The van der Waals surface area contributed by atoms with Crippen molar-refractivity contribution in [3.05, 3.63) is 29.8 Å². The lowest BCUT2D eigenvalue weighted by Gasteiger charge is -2.40. The maximum absolute atomic E-state index is 14.1. The lowest BCUT2D eigenvalue weighted by molar-refractivity contribution is -0.441. The van der Waals surface area contributed by atoms with E-state index in [1.165, 1.54) is 0 Å². The van der Waals surface area contributed by atoms with Crippen LogP contribution in [0.2, 0.25) is 0 Å². The zero-order chi connectivity index (χ0) is 22.6. The number of hydrogen-bond donors (Lipinski definition) is 0. The predicted octanol–water partition coefficient (Wildman–Crippen LogP) is 5.95. The Hall–Kier alpha value is -1.89. The molecule has 1 aromatic rings. The fourth-order valence-electron chi connectivity index (χ4n) is 2.07. The molecular formula is C14H10F13N. The summed E-state index contributed by atoms with van der Waals surface area (Å²) in [7, 11) is 1.94. The van der Waals surface area contributed by atoms with Crippen molar-refractivity contribution in [3.8, 4) is 0 Å². The van der Waals surface area contributed by atoms with Gasteiger partial charge in [0.2, 0.25) is 0 Å². The van der Waals surface area contributed by atoms with Crippen LogP contribution in [0, 0.1) is 0 Å². The summed E-state index contributed by atoms with van der Waals surface area (Å²) in [4.78, 5) is 0.680. The molecule has 0 radical (unpaired) electrons. The van der Waals surface area contributed by atoms with Gasteiger partial charge in [0.1, 0.15) is 0 Å². The minimum atomic E-state index is -7.90. The van der Waals surface area contributed by atoms with Crippen LogP contribution in [-0.4, -0.2) is 44.0 Å². The van der Waals surface area contributed by atoms with E-state index < -0.39 is 47.0 Å². The van der Waals surface area contributed by atoms with Crippen LogP contribution in [-0.2, 0) is 5.92 Å². The van der Waals surface area contributed by atoms with Crippen molar-refractivity contribution in [1.82, 2.24) is 0 Å². The highest BCUT2D eigenvalue weighted by Gasteiger charge is 2.91. The first-order valence-corrected chi connectivity index (χ1v) is 6.90. The minimum Gasteiger partial charge on any atom is -0.377 e. The Bertz CT molecular complexity index is 705. The van der Waals surface area contributed by atoms with E-state index in [2.05, 4.69) is 0 Å². The summed E-state index contributed by atoms with van der Waals surface area (Å²) in [6.07, 6.45) is -7.42. The molecule has 0 aliphatic heterocycles. The van der Waals surface area contributed by atoms with Gasteiger partial charge in [-0.2, -0.15) is 57.1 Å². The molecule has 0 saturated carbocycles. The molecule has 1 rings (SSSR count). The third kappa shape index (κ3) is 3.13. The third-order valence-corrected chi connectivity index (χ3v) is 3.66. The Morgan fingerprint density at radius 1 is 0.571 bits per heavy atom. The second kappa shape index (κ2) is 6.58. The summed E-state index contributed by atoms with van der Waals surface area (Å²) in [5.74, 6) is -37.0. The molecule has 14 heteroatoms. The molecule has 162 valence electrons. The van der Waals surface area contributed by atoms with Crippen LogP contribution in [0.4, 0.5) is 62.8 Å². The lowest BCUT2D eigenvalue weighted by Crippen LogP contribution is -2.69. The van der Waals surface area contributed by atoms with Crippen LogP contribution in [0.1, 0.15) is 5.56 Å². The van der Waals surface area contributed by atoms with Crippen molar-refractivity contribution < 1.29 is 57.1 Å². The first-order valence-electron chi connectivity index (χ1n) is 6.90. The highest BCUT2D eigenvalue weighted by atomic mass is 19.4. The van der Waals surface area contributed by atoms with Crippen LogP contribution in [0.3, 0.4) is 0 Å². The number of halogens is 13. The van der Waals surface area contributed by atoms with Crippen LogP contribution in [0.15, 0.2) is 24.3 Å². The molecule has 0 atom stereocenters. The average Bonchev–Trinajstić information content (AvgIpc) is 2.52. The number of nitrogens with zero attached hydrogens (tertiary/aromatic N) is 1. The highest BCUT2D eigenvalue weighted by Crippen LogP contribution is 2.62. The molecule has 0 aliphatic carbocycles. The molecule has 0 N–H and O–H groups in total. The van der Waals surface area contributed by atoms with Gasteiger partial charge in [0.15, 0.2) is 0 Å². The molecule has 1 nitrogen and oxygen atoms in total. The van der Waals surface area contributed by atoms with Gasteiger partial charge >= 0.3 is 35.8 Å². The summed E-state index contributed by atoms with van der Waals surface area (Å²) in [5, 5.41) is 0. The summed E-state index contributed by atoms with van der Waals surface area (Å²) < 4.78 is 171. The van der Waals surface area contributed by atoms with Gasteiger partial charge < -0.3 is 4.90 Å². The fraction of sp³-hybridized carbons (Fsp3) is 0.571. The zero-order valence-corrected chi connectivity index (χ0v) is 13.7. The average molecular weight is 439 g/mol. The Morgan fingerprint density at radius 3 is 1.36 bits per heavy atom. The van der Waals surface area contributed by atoms with E-state index in [0.717, 1.165) is 20.2 Å². The Kier molecular flexibility index (Phi) is 5.67. The fourth-order valence-corrected chi connectivity index (χ4v) is 2.07. The van der Waals surface area contributed by atoms with E-state index in [-0.39, 0.29) is 6.07 Å². The molecule has 0 aliphatic rings. The van der Waals surface area contributed by atoms with Gasteiger partial charge in [-0.15, -0.1) is 0 Å². The molecule has 0 aromatic heterocycles. The van der Waals surface area contributed by atoms with Crippen molar-refractivity contribution in [2.75, 3.05) is 19.0 Å². The van der Waals surface area contributed by atoms with E-state index in [0.29, 0.717) is 17.0 Å². The highest BCUT2D eigenvalue weighted by molar-refractivity contribution is 5.55. The number of rotatable bonds is 6. The number of anilines is 1. The van der Waals surface area contributed by atoms with Crippen molar-refractivity contribution in [3.63, 3.8) is 0 Å². The van der Waals surface area contributed by atoms with Crippen LogP contribution in [0.25, 0.3) is 0 Å². The molecule has 0 amide bonds. The maximum atomic E-state index is 14.1. The second-order valence-electron chi connectivity index (χ2n) is 5.78. The standard InChI is InChI=1S/C14H10F13N/c1-28(2)8-6-4-3-5-7(8)9(15,16)10(17,18)11(19,20)12(21,22)13(23,24)14(25,26)27/h3-6H,1-2H3. The summed E-state index contributed by atoms with van der Waals surface area (Å²) in [6.45, 7) is 0. The molecule has 1 aromatic carbocycles. The number of hydrogen-bond acceptors (Lipinski definition) is 1. The Morgan fingerprint density at radius 2 is 0.964 bits per heavy atom. The van der Waals surface area contributed by atoms with Crippen LogP contribution >= 0.6 is 0 Å². The second-order valence-corrected chi connectivity index (χ2v) is 5.78. The Labute approximate surface area is 148 Å². The largest absolute Gasteiger partial charge is 0.460 e. The third-order valence-electron chi connectivity index (χ3n) is 3.66. The molecule has 0 saturated heterocycles. The summed E-state index contributed by atoms with van der Waals surface area (Å²) in [6, 6.07) is 2.38. The number of para-hydroxylation sites is 1. The van der Waals surface area contributed by atoms with Gasteiger partial charge in [0.25, 0.3) is 0 Å². The number of alkyl halides is 13. The molecule has 0 bridgehead atoms. The molecule has 0 fully saturated rings. The molecular weight excluding hydrogens is 429 g/mol. The van der Waals surface area contributed by atoms with Crippen LogP contribution in [0.5, 0.6) is 0 Å². The van der Waals surface area contributed by atoms with Gasteiger partial charge in [-0.3, -0.25) is 0 Å². The van der Waals surface area contributed by atoms with Crippen molar-refractivity contribution >= 4 is 5.69 Å². The molecule has 0 heterocycles. The maximum Gasteiger partial charge on any atom is 0.460 e.